The van der Waals surface area contributed by atoms with Crippen molar-refractivity contribution in [2.75, 3.05) is 43.4 Å². The minimum atomic E-state index is -0.148. The maximum atomic E-state index is 9.32. The number of aromatic nitrogens is 3. The summed E-state index contributed by atoms with van der Waals surface area (Å²) in [5, 5.41) is 17.2. The van der Waals surface area contributed by atoms with Gasteiger partial charge in [-0.25, -0.2) is 4.98 Å². The fraction of sp³-hybridized carbons (Fsp3) is 0.579. The van der Waals surface area contributed by atoms with Gasteiger partial charge < -0.3 is 20.4 Å². The van der Waals surface area contributed by atoms with Gasteiger partial charge in [-0.1, -0.05) is 0 Å². The van der Waals surface area contributed by atoms with E-state index in [0.29, 0.717) is 18.4 Å². The number of rotatable bonds is 7. The smallest absolute Gasteiger partial charge is 0.229 e. The van der Waals surface area contributed by atoms with Crippen LogP contribution in [0.3, 0.4) is 0 Å². The van der Waals surface area contributed by atoms with Gasteiger partial charge >= 0.3 is 0 Å². The molecule has 2 saturated heterocycles. The zero-order valence-electron chi connectivity index (χ0n) is 16.6. The monoisotopic (exact) mass is 398 g/mol. The average Bonchev–Trinajstić information content (AvgIpc) is 3.04. The highest BCUT2D eigenvalue weighted by Gasteiger charge is 2.44. The van der Waals surface area contributed by atoms with Crippen molar-refractivity contribution >= 4 is 28.3 Å². The van der Waals surface area contributed by atoms with Crippen LogP contribution in [-0.2, 0) is 0 Å². The van der Waals surface area contributed by atoms with Crippen molar-refractivity contribution < 1.29 is 0 Å². The van der Waals surface area contributed by atoms with E-state index in [1.807, 2.05) is 26.1 Å². The van der Waals surface area contributed by atoms with Crippen molar-refractivity contribution in [3.8, 4) is 6.07 Å². The molecule has 2 fully saturated rings. The van der Waals surface area contributed by atoms with Gasteiger partial charge in [0.2, 0.25) is 5.95 Å². The number of aryl methyl sites for hydroxylation is 2. The van der Waals surface area contributed by atoms with Gasteiger partial charge in [-0.15, -0.1) is 0 Å². The summed E-state index contributed by atoms with van der Waals surface area (Å²) in [5.74, 6) is 1.50. The van der Waals surface area contributed by atoms with Crippen molar-refractivity contribution in [3.63, 3.8) is 0 Å². The van der Waals surface area contributed by atoms with E-state index in [1.54, 1.807) is 0 Å². The van der Waals surface area contributed by atoms with E-state index < -0.39 is 0 Å². The summed E-state index contributed by atoms with van der Waals surface area (Å²) < 4.78 is 4.28. The molecular weight excluding hydrogens is 372 g/mol. The third-order valence-corrected chi connectivity index (χ3v) is 6.46. The molecule has 0 aromatic carbocycles. The quantitative estimate of drug-likeness (QED) is 0.732. The van der Waals surface area contributed by atoms with Crippen LogP contribution in [0.1, 0.15) is 24.1 Å². The second kappa shape index (κ2) is 7.62. The highest BCUT2D eigenvalue weighted by molar-refractivity contribution is 7.10. The Labute approximate surface area is 169 Å². The molecule has 4 rings (SSSR count). The van der Waals surface area contributed by atoms with E-state index in [-0.39, 0.29) is 5.54 Å². The van der Waals surface area contributed by atoms with Gasteiger partial charge in [-0.2, -0.15) is 14.6 Å². The number of anilines is 3. The molecule has 28 heavy (non-hydrogen) atoms. The molecule has 0 aliphatic carbocycles. The molecule has 0 saturated carbocycles. The minimum Gasteiger partial charge on any atom is -0.352 e. The van der Waals surface area contributed by atoms with Crippen LogP contribution in [0.2, 0.25) is 0 Å². The lowest BCUT2D eigenvalue weighted by Gasteiger charge is -2.52. The highest BCUT2D eigenvalue weighted by Crippen LogP contribution is 2.32. The van der Waals surface area contributed by atoms with Gasteiger partial charge in [0.25, 0.3) is 0 Å². The van der Waals surface area contributed by atoms with Gasteiger partial charge in [0.05, 0.1) is 23.7 Å². The lowest BCUT2D eigenvalue weighted by molar-refractivity contribution is 0.108. The average molecular weight is 399 g/mol. The summed E-state index contributed by atoms with van der Waals surface area (Å²) in [7, 11) is 2.16. The molecule has 148 valence electrons. The van der Waals surface area contributed by atoms with Crippen LogP contribution in [0.4, 0.5) is 16.8 Å². The number of nitriles is 1. The Morgan fingerprint density at radius 3 is 2.82 bits per heavy atom. The van der Waals surface area contributed by atoms with Gasteiger partial charge in [0.15, 0.2) is 0 Å². The predicted octanol–water partition coefficient (Wildman–Crippen LogP) is 2.06. The van der Waals surface area contributed by atoms with E-state index >= 15 is 0 Å². The number of hydrogen-bond acceptors (Lipinski definition) is 9. The van der Waals surface area contributed by atoms with Crippen LogP contribution in [-0.4, -0.2) is 64.0 Å². The van der Waals surface area contributed by atoms with Crippen LogP contribution in [0.25, 0.3) is 0 Å². The second-order valence-electron chi connectivity index (χ2n) is 7.93. The van der Waals surface area contributed by atoms with Crippen LogP contribution in [0.15, 0.2) is 12.3 Å². The summed E-state index contributed by atoms with van der Waals surface area (Å²) in [6, 6.07) is 4.93. The normalized spacial score (nSPS) is 20.9. The predicted molar refractivity (Wildman–Crippen MR) is 111 cm³/mol. The van der Waals surface area contributed by atoms with Crippen molar-refractivity contribution in [1.29, 1.82) is 5.26 Å². The topological polar surface area (TPSA) is 93.0 Å². The lowest BCUT2D eigenvalue weighted by atomic mass is 9.85. The molecule has 9 heteroatoms. The van der Waals surface area contributed by atoms with E-state index in [2.05, 4.69) is 42.9 Å². The van der Waals surface area contributed by atoms with Crippen LogP contribution >= 0.6 is 11.5 Å². The van der Waals surface area contributed by atoms with Gasteiger partial charge in [-0.05, 0) is 51.5 Å². The number of likely N-dealkylation sites (N-methyl/N-ethyl adjacent to an activating group) is 1. The SMILES string of the molecule is Cc1cc(Nc2ncc(C)c(N3CC(CC#N)(NC[C@@H]4CCN4C)C3)n2)sn1. The molecule has 8 nitrogen and oxygen atoms in total. The number of hydrogen-bond donors (Lipinski definition) is 2. The number of nitrogens with one attached hydrogen (secondary N) is 2. The lowest BCUT2D eigenvalue weighted by Crippen LogP contribution is -2.71. The molecule has 2 aliphatic rings. The first kappa shape index (κ1) is 19.1. The third kappa shape index (κ3) is 3.81. The van der Waals surface area contributed by atoms with Crippen molar-refractivity contribution in [2.24, 2.45) is 0 Å². The molecule has 0 spiro atoms. The summed E-state index contributed by atoms with van der Waals surface area (Å²) in [5.41, 5.74) is 1.87. The molecule has 4 heterocycles. The summed E-state index contributed by atoms with van der Waals surface area (Å²) >= 11 is 1.40. The Hall–Kier alpha value is -2.28. The Balaban J connectivity index is 1.42. The van der Waals surface area contributed by atoms with Crippen molar-refractivity contribution in [1.82, 2.24) is 24.6 Å². The molecule has 2 N–H and O–H groups in total. The molecule has 2 aromatic heterocycles. The molecule has 1 atom stereocenters. The minimum absolute atomic E-state index is 0.148. The molecule has 2 aliphatic heterocycles. The Bertz CT molecular complexity index is 882. The van der Waals surface area contributed by atoms with Crippen LogP contribution in [0, 0.1) is 25.2 Å². The zero-order valence-corrected chi connectivity index (χ0v) is 17.4. The first-order valence-electron chi connectivity index (χ1n) is 9.59. The standard InChI is InChI=1S/C19H26N8S/c1-13-9-21-18(23-16-8-14(2)25-28-16)24-17(13)27-11-19(12-27,5-6-20)22-10-15-4-7-26(15)3/h8-9,15,22H,4-5,7,10-12H2,1-3H3,(H,21,23,24)/t15-/m0/s1. The van der Waals surface area contributed by atoms with E-state index in [0.717, 1.165) is 41.7 Å². The molecule has 0 unspecified atom stereocenters. The first-order chi connectivity index (χ1) is 13.5. The Morgan fingerprint density at radius 2 is 2.21 bits per heavy atom. The van der Waals surface area contributed by atoms with E-state index in [1.165, 1.54) is 24.5 Å². The van der Waals surface area contributed by atoms with Gasteiger partial charge in [0.1, 0.15) is 10.8 Å². The van der Waals surface area contributed by atoms with Gasteiger partial charge in [-0.3, -0.25) is 0 Å². The summed E-state index contributed by atoms with van der Waals surface area (Å²) in [6.07, 6.45) is 3.59. The van der Waals surface area contributed by atoms with Gasteiger partial charge in [0, 0.05) is 37.4 Å². The fourth-order valence-electron chi connectivity index (χ4n) is 3.78. The Morgan fingerprint density at radius 1 is 1.39 bits per heavy atom. The fourth-order valence-corrected chi connectivity index (χ4v) is 4.44. The first-order valence-corrected chi connectivity index (χ1v) is 10.4. The Kier molecular flexibility index (Phi) is 5.19. The molecule has 0 bridgehead atoms. The molecule has 0 amide bonds. The molecular formula is C19H26N8S. The third-order valence-electron chi connectivity index (χ3n) is 5.66. The molecule has 2 aromatic rings. The van der Waals surface area contributed by atoms with Crippen LogP contribution < -0.4 is 15.5 Å². The van der Waals surface area contributed by atoms with Crippen LogP contribution in [0.5, 0.6) is 0 Å². The van der Waals surface area contributed by atoms with E-state index in [9.17, 15) is 5.26 Å². The second-order valence-corrected chi connectivity index (χ2v) is 8.74. The molecule has 0 radical (unpaired) electrons. The number of likely N-dealkylation sites (tertiary alicyclic amines) is 1. The zero-order chi connectivity index (χ0) is 19.7. The largest absolute Gasteiger partial charge is 0.352 e. The number of nitrogens with zero attached hydrogens (tertiary/aromatic N) is 6. The van der Waals surface area contributed by atoms with Crippen molar-refractivity contribution in [3.05, 3.63) is 23.5 Å². The van der Waals surface area contributed by atoms with Crippen molar-refractivity contribution in [2.45, 2.75) is 38.3 Å². The maximum absolute atomic E-state index is 9.32. The summed E-state index contributed by atoms with van der Waals surface area (Å²) in [4.78, 5) is 13.7. The highest BCUT2D eigenvalue weighted by atomic mass is 32.1. The summed E-state index contributed by atoms with van der Waals surface area (Å²) in [6.45, 7) is 7.66. The van der Waals surface area contributed by atoms with E-state index in [4.69, 9.17) is 4.98 Å². The maximum Gasteiger partial charge on any atom is 0.229 e.